The van der Waals surface area contributed by atoms with Crippen molar-refractivity contribution in [1.82, 2.24) is 15.3 Å². The van der Waals surface area contributed by atoms with E-state index in [2.05, 4.69) is 36.1 Å². The van der Waals surface area contributed by atoms with Gasteiger partial charge >= 0.3 is 0 Å². The van der Waals surface area contributed by atoms with Crippen molar-refractivity contribution in [1.29, 1.82) is 0 Å². The van der Waals surface area contributed by atoms with E-state index in [0.29, 0.717) is 5.41 Å². The molecule has 0 aliphatic heterocycles. The molecule has 3 nitrogen and oxygen atoms in total. The summed E-state index contributed by atoms with van der Waals surface area (Å²) in [5.41, 5.74) is 2.90. The molecule has 0 radical (unpaired) electrons. The second kappa shape index (κ2) is 5.87. The molecule has 1 saturated carbocycles. The zero-order chi connectivity index (χ0) is 13.0. The van der Waals surface area contributed by atoms with Crippen LogP contribution in [0.1, 0.15) is 57.3 Å². The second-order valence-electron chi connectivity index (χ2n) is 6.38. The first kappa shape index (κ1) is 13.6. The molecule has 1 heterocycles. The van der Waals surface area contributed by atoms with E-state index in [0.717, 1.165) is 24.7 Å². The maximum absolute atomic E-state index is 4.35. The monoisotopic (exact) mass is 249 g/mol. The van der Waals surface area contributed by atoms with Crippen LogP contribution in [0.4, 0.5) is 0 Å². The number of aromatic nitrogens is 2. The van der Waals surface area contributed by atoms with Crippen LogP contribution in [0.15, 0.2) is 6.33 Å². The summed E-state index contributed by atoms with van der Waals surface area (Å²) in [6.07, 6.45) is 8.77. The Balaban J connectivity index is 1.85. The molecule has 0 atom stereocenters. The number of rotatable bonds is 6. The summed E-state index contributed by atoms with van der Waals surface area (Å²) in [5, 5.41) is 3.63. The van der Waals surface area contributed by atoms with Crippen LogP contribution in [-0.4, -0.2) is 16.5 Å². The normalized spacial score (nSPS) is 18.7. The number of hydrogen-bond acceptors (Lipinski definition) is 2. The van der Waals surface area contributed by atoms with Crippen molar-refractivity contribution in [2.24, 2.45) is 11.3 Å². The number of nitrogens with one attached hydrogen (secondary N) is 2. The molecule has 0 amide bonds. The minimum absolute atomic E-state index is 0.554. The average molecular weight is 249 g/mol. The Bertz CT molecular complexity index is 362. The molecule has 0 saturated heterocycles. The van der Waals surface area contributed by atoms with Crippen LogP contribution >= 0.6 is 0 Å². The Morgan fingerprint density at radius 2 is 2.11 bits per heavy atom. The van der Waals surface area contributed by atoms with Crippen molar-refractivity contribution in [3.05, 3.63) is 17.7 Å². The maximum atomic E-state index is 4.35. The first-order valence-electron chi connectivity index (χ1n) is 7.31. The second-order valence-corrected chi connectivity index (χ2v) is 6.38. The molecule has 2 N–H and O–H groups in total. The average Bonchev–Trinajstić information content (AvgIpc) is 2.89. The summed E-state index contributed by atoms with van der Waals surface area (Å²) >= 11 is 0. The Kier molecular flexibility index (Phi) is 4.44. The van der Waals surface area contributed by atoms with E-state index in [4.69, 9.17) is 0 Å². The Labute approximate surface area is 111 Å². The number of aromatic amines is 1. The SMILES string of the molecule is Cc1[nH]cnc1CNCC1(CC(C)C)CCCC1. The van der Waals surface area contributed by atoms with Crippen LogP contribution in [0.2, 0.25) is 0 Å². The zero-order valence-corrected chi connectivity index (χ0v) is 12.1. The molecule has 0 aromatic carbocycles. The first-order valence-corrected chi connectivity index (χ1v) is 7.31. The van der Waals surface area contributed by atoms with Crippen LogP contribution in [-0.2, 0) is 6.54 Å². The van der Waals surface area contributed by atoms with Gasteiger partial charge in [-0.3, -0.25) is 0 Å². The third-order valence-electron chi connectivity index (χ3n) is 4.23. The number of hydrogen-bond donors (Lipinski definition) is 2. The summed E-state index contributed by atoms with van der Waals surface area (Å²) in [7, 11) is 0. The Morgan fingerprint density at radius 1 is 1.39 bits per heavy atom. The minimum atomic E-state index is 0.554. The van der Waals surface area contributed by atoms with Gasteiger partial charge in [-0.2, -0.15) is 0 Å². The summed E-state index contributed by atoms with van der Waals surface area (Å²) in [6.45, 7) is 8.83. The predicted molar refractivity (Wildman–Crippen MR) is 75.4 cm³/mol. The lowest BCUT2D eigenvalue weighted by Gasteiger charge is -2.31. The van der Waals surface area contributed by atoms with Gasteiger partial charge in [0.1, 0.15) is 0 Å². The van der Waals surface area contributed by atoms with Crippen LogP contribution in [0.25, 0.3) is 0 Å². The topological polar surface area (TPSA) is 40.7 Å². The Morgan fingerprint density at radius 3 is 2.67 bits per heavy atom. The van der Waals surface area contributed by atoms with E-state index in [1.54, 1.807) is 6.33 Å². The third kappa shape index (κ3) is 3.35. The molecule has 1 aromatic heterocycles. The van der Waals surface area contributed by atoms with Gasteiger partial charge in [-0.05, 0) is 37.5 Å². The number of H-pyrrole nitrogens is 1. The maximum Gasteiger partial charge on any atom is 0.0925 e. The van der Waals surface area contributed by atoms with Gasteiger partial charge < -0.3 is 10.3 Å². The molecular formula is C15H27N3. The lowest BCUT2D eigenvalue weighted by atomic mass is 9.78. The smallest absolute Gasteiger partial charge is 0.0925 e. The highest BCUT2D eigenvalue weighted by atomic mass is 15.0. The zero-order valence-electron chi connectivity index (χ0n) is 12.1. The van der Waals surface area contributed by atoms with Gasteiger partial charge in [0.15, 0.2) is 0 Å². The summed E-state index contributed by atoms with van der Waals surface area (Å²) in [6, 6.07) is 0. The fraction of sp³-hybridized carbons (Fsp3) is 0.800. The molecule has 2 rings (SSSR count). The Hall–Kier alpha value is -0.830. The van der Waals surface area contributed by atoms with E-state index >= 15 is 0 Å². The van der Waals surface area contributed by atoms with Gasteiger partial charge in [-0.25, -0.2) is 4.98 Å². The first-order chi connectivity index (χ1) is 8.61. The minimum Gasteiger partial charge on any atom is -0.348 e. The van der Waals surface area contributed by atoms with Crippen molar-refractivity contribution in [3.63, 3.8) is 0 Å². The fourth-order valence-electron chi connectivity index (χ4n) is 3.46. The van der Waals surface area contributed by atoms with Crippen molar-refractivity contribution >= 4 is 0 Å². The van der Waals surface area contributed by atoms with Crippen molar-refractivity contribution < 1.29 is 0 Å². The predicted octanol–water partition coefficient (Wildman–Crippen LogP) is 3.41. The lowest BCUT2D eigenvalue weighted by Crippen LogP contribution is -2.33. The van der Waals surface area contributed by atoms with Gasteiger partial charge in [0.25, 0.3) is 0 Å². The van der Waals surface area contributed by atoms with Gasteiger partial charge in [-0.15, -0.1) is 0 Å². The number of aryl methyl sites for hydroxylation is 1. The van der Waals surface area contributed by atoms with Crippen molar-refractivity contribution in [3.8, 4) is 0 Å². The number of nitrogens with zero attached hydrogens (tertiary/aromatic N) is 1. The summed E-state index contributed by atoms with van der Waals surface area (Å²) in [5.74, 6) is 0.803. The fourth-order valence-corrected chi connectivity index (χ4v) is 3.46. The van der Waals surface area contributed by atoms with Gasteiger partial charge in [0.2, 0.25) is 0 Å². The molecule has 102 valence electrons. The summed E-state index contributed by atoms with van der Waals surface area (Å²) in [4.78, 5) is 7.48. The molecule has 1 aromatic rings. The molecule has 1 aliphatic rings. The van der Waals surface area contributed by atoms with E-state index in [-0.39, 0.29) is 0 Å². The highest BCUT2D eigenvalue weighted by molar-refractivity contribution is 5.08. The van der Waals surface area contributed by atoms with E-state index in [1.165, 1.54) is 37.8 Å². The van der Waals surface area contributed by atoms with Crippen LogP contribution < -0.4 is 5.32 Å². The van der Waals surface area contributed by atoms with Crippen LogP contribution in [0, 0.1) is 18.3 Å². The van der Waals surface area contributed by atoms with Crippen molar-refractivity contribution in [2.75, 3.05) is 6.54 Å². The molecule has 1 fully saturated rings. The highest BCUT2D eigenvalue weighted by Crippen LogP contribution is 2.42. The molecule has 0 spiro atoms. The quantitative estimate of drug-likeness (QED) is 0.811. The molecule has 1 aliphatic carbocycles. The van der Waals surface area contributed by atoms with Crippen LogP contribution in [0.3, 0.4) is 0 Å². The molecular weight excluding hydrogens is 222 g/mol. The van der Waals surface area contributed by atoms with Crippen LogP contribution in [0.5, 0.6) is 0 Å². The third-order valence-corrected chi connectivity index (χ3v) is 4.23. The molecule has 0 unspecified atom stereocenters. The van der Waals surface area contributed by atoms with E-state index in [1.807, 2.05) is 0 Å². The van der Waals surface area contributed by atoms with Gasteiger partial charge in [0.05, 0.1) is 12.0 Å². The van der Waals surface area contributed by atoms with E-state index in [9.17, 15) is 0 Å². The van der Waals surface area contributed by atoms with Crippen molar-refractivity contribution in [2.45, 2.75) is 59.4 Å². The standard InChI is InChI=1S/C15H27N3/c1-12(2)8-15(6-4-5-7-15)10-16-9-14-13(3)17-11-18-14/h11-12,16H,4-10H2,1-3H3,(H,17,18). The molecule has 0 bridgehead atoms. The molecule has 18 heavy (non-hydrogen) atoms. The molecule has 3 heteroatoms. The number of imidazole rings is 1. The van der Waals surface area contributed by atoms with Gasteiger partial charge in [0, 0.05) is 18.8 Å². The van der Waals surface area contributed by atoms with Gasteiger partial charge in [-0.1, -0.05) is 26.7 Å². The largest absolute Gasteiger partial charge is 0.348 e. The van der Waals surface area contributed by atoms with E-state index < -0.39 is 0 Å². The summed E-state index contributed by atoms with van der Waals surface area (Å²) < 4.78 is 0. The lowest BCUT2D eigenvalue weighted by molar-refractivity contribution is 0.223. The highest BCUT2D eigenvalue weighted by Gasteiger charge is 2.33.